The van der Waals surface area contributed by atoms with Crippen LogP contribution in [0.3, 0.4) is 0 Å². The van der Waals surface area contributed by atoms with Crippen LogP contribution >= 0.6 is 0 Å². The Labute approximate surface area is 160 Å². The lowest BCUT2D eigenvalue weighted by Crippen LogP contribution is -2.39. The molecule has 0 unspecified atom stereocenters. The monoisotopic (exact) mass is 368 g/mol. The van der Waals surface area contributed by atoms with Gasteiger partial charge in [-0.15, -0.1) is 0 Å². The highest BCUT2D eigenvalue weighted by atomic mass is 16.5. The summed E-state index contributed by atoms with van der Waals surface area (Å²) in [5, 5.41) is 0. The van der Waals surface area contributed by atoms with Gasteiger partial charge in [0.1, 0.15) is 5.75 Å². The molecule has 3 heterocycles. The van der Waals surface area contributed by atoms with Gasteiger partial charge in [0.05, 0.1) is 18.4 Å². The van der Waals surface area contributed by atoms with E-state index >= 15 is 0 Å². The molecule has 1 aromatic heterocycles. The maximum atomic E-state index is 12.7. The fraction of sp³-hybridized carbons (Fsp3) is 0.524. The van der Waals surface area contributed by atoms with E-state index in [-0.39, 0.29) is 5.56 Å². The molecule has 144 valence electrons. The van der Waals surface area contributed by atoms with Crippen molar-refractivity contribution in [1.29, 1.82) is 0 Å². The van der Waals surface area contributed by atoms with Crippen molar-refractivity contribution in [1.82, 2.24) is 14.9 Å². The van der Waals surface area contributed by atoms with E-state index in [9.17, 15) is 4.79 Å². The SMILES string of the molecule is COc1ccccc1CN1CCc2nc(N3CCC(C)CC3)[nH]c(=O)c2C1. The smallest absolute Gasteiger partial charge is 0.257 e. The summed E-state index contributed by atoms with van der Waals surface area (Å²) in [6.07, 6.45) is 3.13. The molecule has 0 radical (unpaired) electrons. The van der Waals surface area contributed by atoms with Crippen LogP contribution in [-0.2, 0) is 19.5 Å². The Morgan fingerprint density at radius 3 is 2.78 bits per heavy atom. The van der Waals surface area contributed by atoms with E-state index in [0.29, 0.717) is 6.54 Å². The van der Waals surface area contributed by atoms with Gasteiger partial charge in [-0.25, -0.2) is 4.98 Å². The number of piperidine rings is 1. The molecule has 27 heavy (non-hydrogen) atoms. The summed E-state index contributed by atoms with van der Waals surface area (Å²) in [6, 6.07) is 8.06. The van der Waals surface area contributed by atoms with Crippen LogP contribution in [0.4, 0.5) is 5.95 Å². The van der Waals surface area contributed by atoms with Gasteiger partial charge >= 0.3 is 0 Å². The highest BCUT2D eigenvalue weighted by Crippen LogP contribution is 2.24. The van der Waals surface area contributed by atoms with Gasteiger partial charge in [0.2, 0.25) is 5.95 Å². The van der Waals surface area contributed by atoms with Crippen molar-refractivity contribution in [3.05, 3.63) is 51.4 Å². The van der Waals surface area contributed by atoms with Crippen molar-refractivity contribution in [2.75, 3.05) is 31.6 Å². The zero-order valence-electron chi connectivity index (χ0n) is 16.2. The number of nitrogens with one attached hydrogen (secondary N) is 1. The van der Waals surface area contributed by atoms with Gasteiger partial charge in [-0.05, 0) is 24.8 Å². The minimum Gasteiger partial charge on any atom is -0.496 e. The Morgan fingerprint density at radius 2 is 2.00 bits per heavy atom. The maximum Gasteiger partial charge on any atom is 0.257 e. The molecule has 0 amide bonds. The second-order valence-corrected chi connectivity index (χ2v) is 7.76. The van der Waals surface area contributed by atoms with Crippen LogP contribution in [0.25, 0.3) is 0 Å². The summed E-state index contributed by atoms with van der Waals surface area (Å²) in [5.41, 5.74) is 2.93. The highest BCUT2D eigenvalue weighted by Gasteiger charge is 2.24. The van der Waals surface area contributed by atoms with Crippen LogP contribution in [-0.4, -0.2) is 41.6 Å². The van der Waals surface area contributed by atoms with Crippen LogP contribution in [0, 0.1) is 5.92 Å². The number of hydrogen-bond donors (Lipinski definition) is 1. The van der Waals surface area contributed by atoms with E-state index in [1.54, 1.807) is 7.11 Å². The number of aromatic amines is 1. The predicted molar refractivity (Wildman–Crippen MR) is 106 cm³/mol. The quantitative estimate of drug-likeness (QED) is 0.899. The average Bonchev–Trinajstić information content (AvgIpc) is 2.69. The topological polar surface area (TPSA) is 61.5 Å². The summed E-state index contributed by atoms with van der Waals surface area (Å²) in [6.45, 7) is 6.54. The van der Waals surface area contributed by atoms with Crippen LogP contribution in [0.15, 0.2) is 29.1 Å². The van der Waals surface area contributed by atoms with Gasteiger partial charge in [-0.1, -0.05) is 25.1 Å². The lowest BCUT2D eigenvalue weighted by Gasteiger charge is -2.32. The zero-order chi connectivity index (χ0) is 18.8. The fourth-order valence-corrected chi connectivity index (χ4v) is 4.05. The second kappa shape index (κ2) is 7.72. The van der Waals surface area contributed by atoms with E-state index in [4.69, 9.17) is 9.72 Å². The van der Waals surface area contributed by atoms with Gasteiger partial charge in [0.15, 0.2) is 0 Å². The first kappa shape index (κ1) is 18.0. The first-order valence-electron chi connectivity index (χ1n) is 9.85. The number of hydrogen-bond acceptors (Lipinski definition) is 5. The van der Waals surface area contributed by atoms with E-state index in [0.717, 1.165) is 79.9 Å². The molecule has 6 heteroatoms. The van der Waals surface area contributed by atoms with Gasteiger partial charge in [0, 0.05) is 44.7 Å². The van der Waals surface area contributed by atoms with Gasteiger partial charge in [0.25, 0.3) is 5.56 Å². The average molecular weight is 368 g/mol. The molecule has 2 aliphatic rings. The van der Waals surface area contributed by atoms with Crippen molar-refractivity contribution in [2.24, 2.45) is 5.92 Å². The number of para-hydroxylation sites is 1. The molecule has 0 atom stereocenters. The van der Waals surface area contributed by atoms with Crippen molar-refractivity contribution in [3.63, 3.8) is 0 Å². The van der Waals surface area contributed by atoms with Crippen molar-refractivity contribution < 1.29 is 4.74 Å². The van der Waals surface area contributed by atoms with Crippen LogP contribution in [0.1, 0.15) is 36.6 Å². The minimum atomic E-state index is 0.0124. The van der Waals surface area contributed by atoms with Crippen LogP contribution in [0.2, 0.25) is 0 Å². The lowest BCUT2D eigenvalue weighted by atomic mass is 9.99. The third-order valence-electron chi connectivity index (χ3n) is 5.80. The highest BCUT2D eigenvalue weighted by molar-refractivity contribution is 5.36. The molecule has 2 aliphatic heterocycles. The molecule has 1 aromatic carbocycles. The molecule has 1 fully saturated rings. The van der Waals surface area contributed by atoms with Gasteiger partial charge in [-0.3, -0.25) is 14.7 Å². The Kier molecular flexibility index (Phi) is 5.16. The molecule has 1 saturated heterocycles. The van der Waals surface area contributed by atoms with E-state index in [1.807, 2.05) is 18.2 Å². The molecule has 0 spiro atoms. The standard InChI is InChI=1S/C21H28N4O2/c1-15-7-11-25(12-8-15)21-22-18-9-10-24(14-17(18)20(26)23-21)13-16-5-3-4-6-19(16)27-2/h3-6,15H,7-14H2,1-2H3,(H,22,23,26). The first-order valence-corrected chi connectivity index (χ1v) is 9.85. The van der Waals surface area contributed by atoms with Crippen LogP contribution in [0.5, 0.6) is 5.75 Å². The largest absolute Gasteiger partial charge is 0.496 e. The van der Waals surface area contributed by atoms with Gasteiger partial charge < -0.3 is 9.64 Å². The molecule has 4 rings (SSSR count). The molecule has 0 aliphatic carbocycles. The van der Waals surface area contributed by atoms with E-state index < -0.39 is 0 Å². The number of aromatic nitrogens is 2. The summed E-state index contributed by atoms with van der Waals surface area (Å²) < 4.78 is 5.46. The number of nitrogens with zero attached hydrogens (tertiary/aromatic N) is 3. The van der Waals surface area contributed by atoms with Crippen molar-refractivity contribution >= 4 is 5.95 Å². The first-order chi connectivity index (χ1) is 13.1. The second-order valence-electron chi connectivity index (χ2n) is 7.76. The molecular formula is C21H28N4O2. The fourth-order valence-electron chi connectivity index (χ4n) is 4.05. The van der Waals surface area contributed by atoms with E-state index in [2.05, 4.69) is 27.8 Å². The molecule has 2 aromatic rings. The Balaban J connectivity index is 1.51. The molecule has 0 bridgehead atoms. The van der Waals surface area contributed by atoms with Crippen molar-refractivity contribution in [3.8, 4) is 5.75 Å². The number of fused-ring (bicyclic) bond motifs is 1. The summed E-state index contributed by atoms with van der Waals surface area (Å²) in [5.74, 6) is 2.41. The number of methoxy groups -OCH3 is 1. The number of H-pyrrole nitrogens is 1. The number of benzene rings is 1. The van der Waals surface area contributed by atoms with E-state index in [1.165, 1.54) is 0 Å². The summed E-state index contributed by atoms with van der Waals surface area (Å²) in [7, 11) is 1.70. The van der Waals surface area contributed by atoms with Crippen LogP contribution < -0.4 is 15.2 Å². The molecule has 0 saturated carbocycles. The number of anilines is 1. The molecular weight excluding hydrogens is 340 g/mol. The Morgan fingerprint density at radius 1 is 1.22 bits per heavy atom. The molecule has 6 nitrogen and oxygen atoms in total. The normalized spacial score (nSPS) is 18.4. The maximum absolute atomic E-state index is 12.7. The predicted octanol–water partition coefficient (Wildman–Crippen LogP) is 2.57. The van der Waals surface area contributed by atoms with Crippen molar-refractivity contribution in [2.45, 2.75) is 39.3 Å². The minimum absolute atomic E-state index is 0.0124. The third kappa shape index (κ3) is 3.86. The Hall–Kier alpha value is -2.34. The molecule has 1 N–H and O–H groups in total. The number of ether oxygens (including phenoxy) is 1. The van der Waals surface area contributed by atoms with Gasteiger partial charge in [-0.2, -0.15) is 0 Å². The zero-order valence-corrected chi connectivity index (χ0v) is 16.2. The number of rotatable bonds is 4. The lowest BCUT2D eigenvalue weighted by molar-refractivity contribution is 0.238. The third-order valence-corrected chi connectivity index (χ3v) is 5.80. The Bertz CT molecular complexity index is 856. The summed E-state index contributed by atoms with van der Waals surface area (Å²) >= 11 is 0. The summed E-state index contributed by atoms with van der Waals surface area (Å²) in [4.78, 5) is 25.1.